The van der Waals surface area contributed by atoms with Crippen molar-refractivity contribution >= 4 is 39.4 Å². The summed E-state index contributed by atoms with van der Waals surface area (Å²) in [5.74, 6) is -1.33. The van der Waals surface area contributed by atoms with Crippen LogP contribution in [0.2, 0.25) is 0 Å². The largest absolute Gasteiger partial charge is 0.480 e. The Hall–Kier alpha value is -3.54. The summed E-state index contributed by atoms with van der Waals surface area (Å²) in [6.07, 6.45) is 0. The Morgan fingerprint density at radius 1 is 1.33 bits per heavy atom. The normalized spacial score (nSPS) is 16.9. The van der Waals surface area contributed by atoms with Gasteiger partial charge in [-0.15, -0.1) is 0 Å². The average Bonchev–Trinajstić information content (AvgIpc) is 3.23. The second-order valence-corrected chi connectivity index (χ2v) is 8.17. The summed E-state index contributed by atoms with van der Waals surface area (Å²) in [5.41, 5.74) is 5.31. The fraction of sp³-hybridized carbons (Fsp3) is 0.286. The molecule has 0 aliphatic carbocycles. The summed E-state index contributed by atoms with van der Waals surface area (Å²) < 4.78 is 26.5. The van der Waals surface area contributed by atoms with Crippen molar-refractivity contribution in [3.63, 3.8) is 0 Å². The maximum absolute atomic E-state index is 14.2. The molecule has 0 radical (unpaired) electrons. The van der Waals surface area contributed by atoms with Crippen LogP contribution in [0.25, 0.3) is 11.5 Å². The molecular weight excluding hydrogens is 499 g/mol. The molecule has 12 heteroatoms. The molecule has 1 aromatic carbocycles. The summed E-state index contributed by atoms with van der Waals surface area (Å²) >= 11 is 3.43. The van der Waals surface area contributed by atoms with Gasteiger partial charge in [-0.05, 0) is 35.8 Å². The van der Waals surface area contributed by atoms with Gasteiger partial charge in [0.2, 0.25) is 11.8 Å². The summed E-state index contributed by atoms with van der Waals surface area (Å²) in [5, 5.41) is 7.05. The molecular formula is C21H20BrFN6O4. The first-order valence-corrected chi connectivity index (χ1v) is 10.7. The lowest BCUT2D eigenvalue weighted by Crippen LogP contribution is -2.41. The Kier molecular flexibility index (Phi) is 5.78. The van der Waals surface area contributed by atoms with E-state index >= 15 is 0 Å². The molecule has 0 saturated carbocycles. The number of halogens is 2. The highest BCUT2D eigenvalue weighted by molar-refractivity contribution is 9.10. The summed E-state index contributed by atoms with van der Waals surface area (Å²) in [7, 11) is 1.45. The lowest BCUT2D eigenvalue weighted by atomic mass is 9.84. The highest BCUT2D eigenvalue weighted by Gasteiger charge is 2.53. The van der Waals surface area contributed by atoms with Crippen molar-refractivity contribution in [2.75, 3.05) is 24.8 Å². The number of nitrogen functional groups attached to an aromatic ring is 1. The number of anilines is 2. The fourth-order valence-corrected chi connectivity index (χ4v) is 4.26. The van der Waals surface area contributed by atoms with Gasteiger partial charge in [0, 0.05) is 5.56 Å². The van der Waals surface area contributed by atoms with Gasteiger partial charge < -0.3 is 20.5 Å². The van der Waals surface area contributed by atoms with E-state index in [1.54, 1.807) is 25.1 Å². The zero-order valence-electron chi connectivity index (χ0n) is 18.0. The molecule has 0 spiro atoms. The Morgan fingerprint density at radius 3 is 2.73 bits per heavy atom. The van der Waals surface area contributed by atoms with E-state index in [2.05, 4.69) is 36.3 Å². The van der Waals surface area contributed by atoms with Gasteiger partial charge in [0.25, 0.3) is 0 Å². The van der Waals surface area contributed by atoms with Crippen LogP contribution in [-0.4, -0.2) is 45.3 Å². The Balaban J connectivity index is 1.79. The van der Waals surface area contributed by atoms with Gasteiger partial charge in [-0.3, -0.25) is 9.59 Å². The minimum Gasteiger partial charge on any atom is -0.480 e. The molecule has 3 N–H and O–H groups in total. The average molecular weight is 519 g/mol. The van der Waals surface area contributed by atoms with Crippen LogP contribution >= 0.6 is 15.9 Å². The number of amides is 1. The second-order valence-electron chi connectivity index (χ2n) is 7.38. The quantitative estimate of drug-likeness (QED) is 0.375. The van der Waals surface area contributed by atoms with Crippen molar-refractivity contribution in [2.45, 2.75) is 25.8 Å². The van der Waals surface area contributed by atoms with Crippen LogP contribution in [0.3, 0.4) is 0 Å². The van der Waals surface area contributed by atoms with E-state index in [1.807, 2.05) is 0 Å². The molecule has 0 bridgehead atoms. The molecule has 2 aromatic heterocycles. The molecule has 0 fully saturated rings. The van der Waals surface area contributed by atoms with Crippen molar-refractivity contribution in [3.05, 3.63) is 45.7 Å². The van der Waals surface area contributed by atoms with Crippen molar-refractivity contribution in [3.8, 4) is 17.4 Å². The lowest BCUT2D eigenvalue weighted by Gasteiger charge is -2.20. The lowest BCUT2D eigenvalue weighted by molar-refractivity contribution is -0.152. The van der Waals surface area contributed by atoms with Crippen molar-refractivity contribution < 1.29 is 23.5 Å². The maximum Gasteiger partial charge on any atom is 0.326 e. The third-order valence-electron chi connectivity index (χ3n) is 5.34. The maximum atomic E-state index is 14.2. The number of aromatic nitrogens is 4. The molecule has 3 aromatic rings. The van der Waals surface area contributed by atoms with Crippen molar-refractivity contribution in [1.82, 2.24) is 19.7 Å². The predicted octanol–water partition coefficient (Wildman–Crippen LogP) is 2.65. The number of methoxy groups -OCH3 is 1. The Labute approximate surface area is 196 Å². The van der Waals surface area contributed by atoms with E-state index in [0.717, 1.165) is 0 Å². The zero-order chi connectivity index (χ0) is 23.9. The zero-order valence-corrected chi connectivity index (χ0v) is 19.6. The molecule has 10 nitrogen and oxygen atoms in total. The minimum absolute atomic E-state index is 0.0709. The van der Waals surface area contributed by atoms with Crippen molar-refractivity contribution in [2.24, 2.45) is 0 Å². The molecule has 0 saturated heterocycles. The summed E-state index contributed by atoms with van der Waals surface area (Å²) in [6, 6.07) is 6.31. The van der Waals surface area contributed by atoms with Gasteiger partial charge in [0.15, 0.2) is 11.2 Å². The number of hydrogen-bond donors (Lipinski definition) is 2. The summed E-state index contributed by atoms with van der Waals surface area (Å²) in [6.45, 7) is 3.24. The van der Waals surface area contributed by atoms with E-state index in [9.17, 15) is 14.0 Å². The number of benzene rings is 1. The molecule has 1 unspecified atom stereocenters. The standard InChI is InChI=1S/C21H20BrFN6O4/c1-4-33-20(31)21(2)12-15(24)25-17(26-16(12)27-19(21)30)14-13(22)18(32-3)29(28-14)9-10-7-5-6-8-11(10)23/h5-8H,4,9H2,1-3H3,(H3,24,25,26,27,30). The number of carbonyl (C=O) groups is 2. The van der Waals surface area contributed by atoms with E-state index in [0.29, 0.717) is 15.9 Å². The molecule has 1 amide bonds. The highest BCUT2D eigenvalue weighted by Crippen LogP contribution is 2.43. The van der Waals surface area contributed by atoms with Crippen molar-refractivity contribution in [1.29, 1.82) is 0 Å². The highest BCUT2D eigenvalue weighted by atomic mass is 79.9. The van der Waals surface area contributed by atoms with E-state index in [1.165, 1.54) is 24.8 Å². The van der Waals surface area contributed by atoms with Crippen LogP contribution in [0.15, 0.2) is 28.7 Å². The monoisotopic (exact) mass is 518 g/mol. The number of carbonyl (C=O) groups excluding carboxylic acids is 2. The third kappa shape index (κ3) is 3.59. The van der Waals surface area contributed by atoms with E-state index in [4.69, 9.17) is 15.2 Å². The molecule has 4 rings (SSSR count). The number of ether oxygens (including phenoxy) is 2. The fourth-order valence-electron chi connectivity index (χ4n) is 3.64. The van der Waals surface area contributed by atoms with E-state index in [-0.39, 0.29) is 47.7 Å². The molecule has 1 atom stereocenters. The van der Waals surface area contributed by atoms with Gasteiger partial charge in [-0.25, -0.2) is 19.0 Å². The first kappa shape index (κ1) is 22.6. The molecule has 1 aliphatic heterocycles. The van der Waals surface area contributed by atoms with Gasteiger partial charge in [0.1, 0.15) is 27.6 Å². The number of fused-ring (bicyclic) bond motifs is 1. The van der Waals surface area contributed by atoms with Crippen LogP contribution in [0.5, 0.6) is 5.88 Å². The minimum atomic E-state index is -1.67. The van der Waals surface area contributed by atoms with Gasteiger partial charge in [0.05, 0.1) is 25.8 Å². The van der Waals surface area contributed by atoms with Crippen LogP contribution in [0, 0.1) is 5.82 Å². The topological polar surface area (TPSA) is 134 Å². The molecule has 1 aliphatic rings. The van der Waals surface area contributed by atoms with Crippen LogP contribution < -0.4 is 15.8 Å². The Bertz CT molecular complexity index is 1280. The third-order valence-corrected chi connectivity index (χ3v) is 6.06. The van der Waals surface area contributed by atoms with E-state index < -0.39 is 17.3 Å². The molecule has 33 heavy (non-hydrogen) atoms. The summed E-state index contributed by atoms with van der Waals surface area (Å²) in [4.78, 5) is 33.9. The Morgan fingerprint density at radius 2 is 2.06 bits per heavy atom. The second kappa shape index (κ2) is 8.43. The number of nitrogens with one attached hydrogen (secondary N) is 1. The van der Waals surface area contributed by atoms with Crippen LogP contribution in [0.1, 0.15) is 25.0 Å². The molecule has 3 heterocycles. The molecule has 172 valence electrons. The number of esters is 1. The SMILES string of the molecule is CCOC(=O)C1(C)C(=O)Nc2nc(-c3nn(Cc4ccccc4F)c(OC)c3Br)nc(N)c21. The first-order valence-electron chi connectivity index (χ1n) is 9.93. The predicted molar refractivity (Wildman–Crippen MR) is 120 cm³/mol. The number of nitrogens with two attached hydrogens (primary N) is 1. The number of rotatable bonds is 6. The van der Waals surface area contributed by atoms with Crippen LogP contribution in [0.4, 0.5) is 16.0 Å². The van der Waals surface area contributed by atoms with Gasteiger partial charge >= 0.3 is 5.97 Å². The first-order chi connectivity index (χ1) is 15.7. The van der Waals surface area contributed by atoms with Gasteiger partial charge in [-0.1, -0.05) is 18.2 Å². The number of nitrogens with zero attached hydrogens (tertiary/aromatic N) is 4. The smallest absolute Gasteiger partial charge is 0.326 e. The van der Waals surface area contributed by atoms with Crippen LogP contribution in [-0.2, 0) is 26.3 Å². The van der Waals surface area contributed by atoms with Gasteiger partial charge in [-0.2, -0.15) is 5.10 Å². The number of hydrogen-bond acceptors (Lipinski definition) is 8.